The molecular weight excluding hydrogens is 290 g/mol. The van der Waals surface area contributed by atoms with Gasteiger partial charge in [-0.2, -0.15) is 0 Å². The number of amides is 1. The number of rotatable bonds is 7. The molecule has 1 saturated heterocycles. The summed E-state index contributed by atoms with van der Waals surface area (Å²) in [7, 11) is 1.70. The van der Waals surface area contributed by atoms with Gasteiger partial charge in [-0.15, -0.1) is 0 Å². The summed E-state index contributed by atoms with van der Waals surface area (Å²) in [6.45, 7) is 12.0. The van der Waals surface area contributed by atoms with E-state index in [2.05, 4.69) is 28.5 Å². The second kappa shape index (κ2) is 8.58. The van der Waals surface area contributed by atoms with Gasteiger partial charge in [0.05, 0.1) is 7.11 Å². The number of nitrogens with zero attached hydrogens (tertiary/aromatic N) is 3. The predicted molar refractivity (Wildman–Crippen MR) is 94.1 cm³/mol. The van der Waals surface area contributed by atoms with E-state index in [-0.39, 0.29) is 5.91 Å². The summed E-state index contributed by atoms with van der Waals surface area (Å²) in [5.41, 5.74) is 1.21. The lowest BCUT2D eigenvalue weighted by atomic mass is 10.2. The molecule has 0 bridgehead atoms. The molecule has 0 radical (unpaired) electrons. The fourth-order valence-electron chi connectivity index (χ4n) is 2.85. The Kier molecular flexibility index (Phi) is 6.47. The third-order valence-electron chi connectivity index (χ3n) is 4.34. The summed E-state index contributed by atoms with van der Waals surface area (Å²) in [5.74, 6) is 0.911. The number of carbonyl (C=O) groups excluding carboxylic acids is 1. The van der Waals surface area contributed by atoms with Gasteiger partial charge in [0.2, 0.25) is 5.91 Å². The first-order chi connectivity index (χ1) is 11.2. The van der Waals surface area contributed by atoms with E-state index in [9.17, 15) is 4.79 Å². The van der Waals surface area contributed by atoms with Gasteiger partial charge in [-0.05, 0) is 25.1 Å². The predicted octanol–water partition coefficient (Wildman–Crippen LogP) is 1.85. The standard InChI is InChI=1S/C18H27N3O2/c1-4-18(22)20(5-2)12-9-19-10-13-21(14-11-19)16-7-6-8-17(15-16)23-3/h4,6-8,15H,1,5,9-14H2,2-3H3. The molecule has 126 valence electrons. The van der Waals surface area contributed by atoms with Crippen molar-refractivity contribution < 1.29 is 9.53 Å². The topological polar surface area (TPSA) is 36.0 Å². The second-order valence-electron chi connectivity index (χ2n) is 5.65. The number of benzene rings is 1. The maximum Gasteiger partial charge on any atom is 0.245 e. The zero-order valence-corrected chi connectivity index (χ0v) is 14.2. The van der Waals surface area contributed by atoms with Crippen molar-refractivity contribution >= 4 is 11.6 Å². The molecule has 0 aromatic heterocycles. The molecule has 0 atom stereocenters. The average molecular weight is 317 g/mol. The van der Waals surface area contributed by atoms with Crippen molar-refractivity contribution in [3.63, 3.8) is 0 Å². The first kappa shape index (κ1) is 17.3. The number of ether oxygens (including phenoxy) is 1. The van der Waals surface area contributed by atoms with E-state index in [1.54, 1.807) is 7.11 Å². The van der Waals surface area contributed by atoms with Gasteiger partial charge in [0.25, 0.3) is 0 Å². The summed E-state index contributed by atoms with van der Waals surface area (Å²) in [5, 5.41) is 0. The Hall–Kier alpha value is -2.01. The van der Waals surface area contributed by atoms with Gasteiger partial charge in [-0.3, -0.25) is 9.69 Å². The normalized spacial score (nSPS) is 15.3. The second-order valence-corrected chi connectivity index (χ2v) is 5.65. The van der Waals surface area contributed by atoms with Crippen LogP contribution >= 0.6 is 0 Å². The molecule has 0 saturated carbocycles. The minimum atomic E-state index is 0.0162. The van der Waals surface area contributed by atoms with Crippen molar-refractivity contribution in [1.29, 1.82) is 0 Å². The Labute approximate surface area is 139 Å². The van der Waals surface area contributed by atoms with Gasteiger partial charge in [0, 0.05) is 57.6 Å². The Morgan fingerprint density at radius 2 is 2.09 bits per heavy atom. The highest BCUT2D eigenvalue weighted by atomic mass is 16.5. The summed E-state index contributed by atoms with van der Waals surface area (Å²) < 4.78 is 5.29. The number of carbonyl (C=O) groups is 1. The van der Waals surface area contributed by atoms with Crippen molar-refractivity contribution in [1.82, 2.24) is 9.80 Å². The van der Waals surface area contributed by atoms with Gasteiger partial charge in [-0.1, -0.05) is 12.6 Å². The molecule has 2 rings (SSSR count). The van der Waals surface area contributed by atoms with Crippen molar-refractivity contribution in [2.24, 2.45) is 0 Å². The quantitative estimate of drug-likeness (QED) is 0.719. The molecule has 1 aromatic carbocycles. The molecule has 1 aliphatic heterocycles. The van der Waals surface area contributed by atoms with E-state index in [1.807, 2.05) is 24.0 Å². The molecule has 1 fully saturated rings. The van der Waals surface area contributed by atoms with E-state index < -0.39 is 0 Å². The molecule has 23 heavy (non-hydrogen) atoms. The summed E-state index contributed by atoms with van der Waals surface area (Å²) in [6, 6.07) is 8.20. The maximum atomic E-state index is 11.7. The first-order valence-electron chi connectivity index (χ1n) is 8.20. The highest BCUT2D eigenvalue weighted by Gasteiger charge is 2.18. The Morgan fingerprint density at radius 1 is 1.35 bits per heavy atom. The van der Waals surface area contributed by atoms with Gasteiger partial charge in [-0.25, -0.2) is 0 Å². The van der Waals surface area contributed by atoms with Crippen LogP contribution < -0.4 is 9.64 Å². The molecule has 1 aromatic rings. The lowest BCUT2D eigenvalue weighted by molar-refractivity contribution is -0.126. The summed E-state index contributed by atoms with van der Waals surface area (Å²) in [6.07, 6.45) is 1.39. The number of piperazine rings is 1. The van der Waals surface area contributed by atoms with Crippen molar-refractivity contribution in [2.45, 2.75) is 6.92 Å². The zero-order valence-electron chi connectivity index (χ0n) is 14.2. The molecule has 5 heteroatoms. The molecule has 1 aliphatic rings. The summed E-state index contributed by atoms with van der Waals surface area (Å²) in [4.78, 5) is 18.3. The monoisotopic (exact) mass is 317 g/mol. The zero-order chi connectivity index (χ0) is 16.7. The SMILES string of the molecule is C=CC(=O)N(CC)CCN1CCN(c2cccc(OC)c2)CC1. The van der Waals surface area contributed by atoms with Crippen LogP contribution in [0.4, 0.5) is 5.69 Å². The van der Waals surface area contributed by atoms with Gasteiger partial charge in [0.15, 0.2) is 0 Å². The fourth-order valence-corrected chi connectivity index (χ4v) is 2.85. The van der Waals surface area contributed by atoms with Crippen molar-refractivity contribution in [3.05, 3.63) is 36.9 Å². The Bertz CT molecular complexity index is 525. The van der Waals surface area contributed by atoms with Crippen molar-refractivity contribution in [2.75, 3.05) is 57.8 Å². The number of anilines is 1. The van der Waals surface area contributed by atoms with Gasteiger partial charge < -0.3 is 14.5 Å². The highest BCUT2D eigenvalue weighted by Crippen LogP contribution is 2.22. The average Bonchev–Trinajstić information content (AvgIpc) is 2.62. The maximum absolute atomic E-state index is 11.7. The van der Waals surface area contributed by atoms with Crippen LogP contribution in [0.3, 0.4) is 0 Å². The van der Waals surface area contributed by atoms with E-state index >= 15 is 0 Å². The molecular formula is C18H27N3O2. The fraction of sp³-hybridized carbons (Fsp3) is 0.500. The summed E-state index contributed by atoms with van der Waals surface area (Å²) >= 11 is 0. The lowest BCUT2D eigenvalue weighted by Crippen LogP contribution is -2.49. The smallest absolute Gasteiger partial charge is 0.245 e. The molecule has 0 unspecified atom stereocenters. The van der Waals surface area contributed by atoms with Crippen molar-refractivity contribution in [3.8, 4) is 5.75 Å². The third-order valence-corrected chi connectivity index (χ3v) is 4.34. The third kappa shape index (κ3) is 4.73. The molecule has 0 aliphatic carbocycles. The van der Waals surface area contributed by atoms with Crippen LogP contribution in [0, 0.1) is 0 Å². The highest BCUT2D eigenvalue weighted by molar-refractivity contribution is 5.86. The molecule has 1 heterocycles. The minimum Gasteiger partial charge on any atom is -0.497 e. The van der Waals surface area contributed by atoms with Crippen LogP contribution in [-0.4, -0.2) is 68.6 Å². The molecule has 1 amide bonds. The lowest BCUT2D eigenvalue weighted by Gasteiger charge is -2.37. The van der Waals surface area contributed by atoms with Gasteiger partial charge >= 0.3 is 0 Å². The van der Waals surface area contributed by atoms with Crippen LogP contribution in [0.2, 0.25) is 0 Å². The van der Waals surface area contributed by atoms with E-state index in [4.69, 9.17) is 4.74 Å². The Morgan fingerprint density at radius 3 is 2.70 bits per heavy atom. The number of likely N-dealkylation sites (N-methyl/N-ethyl adjacent to an activating group) is 1. The van der Waals surface area contributed by atoms with E-state index in [0.29, 0.717) is 0 Å². The largest absolute Gasteiger partial charge is 0.497 e. The Balaban J connectivity index is 1.81. The molecule has 0 spiro atoms. The van der Waals surface area contributed by atoms with Crippen LogP contribution in [0.5, 0.6) is 5.75 Å². The van der Waals surface area contributed by atoms with Crippen LogP contribution in [0.25, 0.3) is 0 Å². The first-order valence-corrected chi connectivity index (χ1v) is 8.20. The molecule has 0 N–H and O–H groups in total. The van der Waals surface area contributed by atoms with Crippen LogP contribution in [0.15, 0.2) is 36.9 Å². The number of methoxy groups -OCH3 is 1. The number of hydrogen-bond acceptors (Lipinski definition) is 4. The number of hydrogen-bond donors (Lipinski definition) is 0. The molecule has 5 nitrogen and oxygen atoms in total. The van der Waals surface area contributed by atoms with Crippen LogP contribution in [-0.2, 0) is 4.79 Å². The van der Waals surface area contributed by atoms with E-state index in [1.165, 1.54) is 11.8 Å². The van der Waals surface area contributed by atoms with Crippen LogP contribution in [0.1, 0.15) is 6.92 Å². The minimum absolute atomic E-state index is 0.0162. The van der Waals surface area contributed by atoms with E-state index in [0.717, 1.165) is 51.6 Å². The van der Waals surface area contributed by atoms with Gasteiger partial charge in [0.1, 0.15) is 5.75 Å².